The molecule has 1 heterocycles. The van der Waals surface area contributed by atoms with Crippen LogP contribution in [0.1, 0.15) is 24.2 Å². The third kappa shape index (κ3) is 5.03. The van der Waals surface area contributed by atoms with Gasteiger partial charge in [-0.15, -0.1) is 0 Å². The van der Waals surface area contributed by atoms with Crippen molar-refractivity contribution < 1.29 is 27.1 Å². The first-order valence-corrected chi connectivity index (χ1v) is 10.5. The van der Waals surface area contributed by atoms with E-state index in [0.717, 1.165) is 16.5 Å². The fraction of sp³-hybridized carbons (Fsp3) is 0.200. The van der Waals surface area contributed by atoms with E-state index in [1.54, 1.807) is 59.4 Å². The van der Waals surface area contributed by atoms with Crippen LogP contribution >= 0.6 is 0 Å². The highest BCUT2D eigenvalue weighted by atomic mass is 19.4. The van der Waals surface area contributed by atoms with Crippen molar-refractivity contribution in [1.82, 2.24) is 15.1 Å². The van der Waals surface area contributed by atoms with Crippen LogP contribution in [0.25, 0.3) is 16.6 Å². The van der Waals surface area contributed by atoms with Gasteiger partial charge in [0.15, 0.2) is 0 Å². The minimum atomic E-state index is -5.00. The van der Waals surface area contributed by atoms with Gasteiger partial charge in [0.05, 0.1) is 23.4 Å². The number of alkyl halides is 3. The molecule has 9 heteroatoms. The predicted molar refractivity (Wildman–Crippen MR) is 119 cm³/mol. The fourth-order valence-electron chi connectivity index (χ4n) is 3.69. The summed E-state index contributed by atoms with van der Waals surface area (Å²) in [5, 5.41) is 7.05. The first-order valence-electron chi connectivity index (χ1n) is 10.5. The van der Waals surface area contributed by atoms with E-state index in [0.29, 0.717) is 17.0 Å². The first-order chi connectivity index (χ1) is 16.1. The lowest BCUT2D eigenvalue weighted by Crippen LogP contribution is -2.45. The van der Waals surface area contributed by atoms with Gasteiger partial charge in [0.2, 0.25) is 0 Å². The highest BCUT2D eigenvalue weighted by molar-refractivity contribution is 5.82. The van der Waals surface area contributed by atoms with Crippen LogP contribution in [0.2, 0.25) is 0 Å². The lowest BCUT2D eigenvalue weighted by atomic mass is 10.0. The molecule has 1 aromatic heterocycles. The van der Waals surface area contributed by atoms with Crippen LogP contribution in [-0.4, -0.2) is 27.9 Å². The number of aryl methyl sites for hydroxylation is 1. The van der Waals surface area contributed by atoms with E-state index in [4.69, 9.17) is 4.74 Å². The normalized spacial score (nSPS) is 13.5. The average molecular weight is 471 g/mol. The lowest BCUT2D eigenvalue weighted by Gasteiger charge is -2.27. The zero-order valence-corrected chi connectivity index (χ0v) is 18.3. The van der Waals surface area contributed by atoms with Gasteiger partial charge in [-0.25, -0.2) is 9.07 Å². The largest absolute Gasteiger partial charge is 0.484 e. The van der Waals surface area contributed by atoms with Crippen LogP contribution in [0.3, 0.4) is 0 Å². The Balaban J connectivity index is 1.64. The average Bonchev–Trinajstić information content (AvgIpc) is 3.20. The SMILES string of the molecule is Cc1cccc([C@@H](Oc2ccc3c(cnn3-c3ccc(F)cc3)c2)[C@H](C)NC(=O)C(F)(F)F)c1. The maximum atomic E-state index is 13.3. The van der Waals surface area contributed by atoms with E-state index < -0.39 is 24.2 Å². The summed E-state index contributed by atoms with van der Waals surface area (Å²) >= 11 is 0. The molecule has 0 saturated carbocycles. The summed E-state index contributed by atoms with van der Waals surface area (Å²) < 4.78 is 59.5. The Morgan fingerprint density at radius 3 is 2.47 bits per heavy atom. The Kier molecular flexibility index (Phi) is 6.28. The Morgan fingerprint density at radius 1 is 1.06 bits per heavy atom. The van der Waals surface area contributed by atoms with E-state index in [1.165, 1.54) is 19.1 Å². The number of amides is 1. The van der Waals surface area contributed by atoms with E-state index in [-0.39, 0.29) is 5.82 Å². The molecule has 0 bridgehead atoms. The Labute approximate surface area is 193 Å². The smallest absolute Gasteiger partial charge is 0.471 e. The van der Waals surface area contributed by atoms with E-state index in [1.807, 2.05) is 18.3 Å². The second-order valence-corrected chi connectivity index (χ2v) is 7.97. The molecule has 34 heavy (non-hydrogen) atoms. The van der Waals surface area contributed by atoms with Crippen LogP contribution < -0.4 is 10.1 Å². The number of nitrogens with one attached hydrogen (secondary N) is 1. The van der Waals surface area contributed by atoms with Crippen molar-refractivity contribution in [1.29, 1.82) is 0 Å². The van der Waals surface area contributed by atoms with E-state index >= 15 is 0 Å². The molecule has 0 aliphatic heterocycles. The first kappa shape index (κ1) is 23.3. The van der Waals surface area contributed by atoms with Crippen LogP contribution in [-0.2, 0) is 4.79 Å². The summed E-state index contributed by atoms with van der Waals surface area (Å²) in [6.45, 7) is 3.32. The zero-order valence-electron chi connectivity index (χ0n) is 18.3. The number of carbonyl (C=O) groups is 1. The Hall–Kier alpha value is -3.88. The third-order valence-electron chi connectivity index (χ3n) is 5.31. The molecule has 1 N–H and O–H groups in total. The molecule has 0 saturated heterocycles. The summed E-state index contributed by atoms with van der Waals surface area (Å²) in [4.78, 5) is 11.5. The van der Waals surface area contributed by atoms with Crippen molar-refractivity contribution in [2.75, 3.05) is 0 Å². The third-order valence-corrected chi connectivity index (χ3v) is 5.31. The van der Waals surface area contributed by atoms with Gasteiger partial charge in [0, 0.05) is 5.39 Å². The minimum absolute atomic E-state index is 0.357. The molecule has 1 amide bonds. The molecular weight excluding hydrogens is 450 g/mol. The van der Waals surface area contributed by atoms with Gasteiger partial charge < -0.3 is 10.1 Å². The number of ether oxygens (including phenoxy) is 1. The molecule has 3 aromatic carbocycles. The number of rotatable bonds is 6. The van der Waals surface area contributed by atoms with Gasteiger partial charge in [-0.2, -0.15) is 18.3 Å². The summed E-state index contributed by atoms with van der Waals surface area (Å²) in [6, 6.07) is 17.2. The predicted octanol–water partition coefficient (Wildman–Crippen LogP) is 5.66. The van der Waals surface area contributed by atoms with Crippen molar-refractivity contribution in [2.24, 2.45) is 0 Å². The molecule has 0 radical (unpaired) electrons. The summed E-state index contributed by atoms with van der Waals surface area (Å²) in [5.74, 6) is -1.99. The number of fused-ring (bicyclic) bond motifs is 1. The van der Waals surface area contributed by atoms with Gasteiger partial charge in [0.1, 0.15) is 17.7 Å². The summed E-state index contributed by atoms with van der Waals surface area (Å²) in [7, 11) is 0. The van der Waals surface area contributed by atoms with Gasteiger partial charge in [-0.3, -0.25) is 4.79 Å². The number of aromatic nitrogens is 2. The standard InChI is InChI=1S/C25H21F4N3O2/c1-15-4-3-5-17(12-15)23(16(2)31-24(33)25(27,28)29)34-21-10-11-22-18(13-21)14-30-32(22)20-8-6-19(26)7-9-20/h3-14,16,23H,1-2H3,(H,31,33)/t16-,23-/m0/s1. The van der Waals surface area contributed by atoms with Crippen molar-refractivity contribution in [3.8, 4) is 11.4 Å². The molecule has 4 aromatic rings. The van der Waals surface area contributed by atoms with E-state index in [9.17, 15) is 22.4 Å². The summed E-state index contributed by atoms with van der Waals surface area (Å²) in [5.41, 5.74) is 2.93. The minimum Gasteiger partial charge on any atom is -0.484 e. The van der Waals surface area contributed by atoms with Crippen molar-refractivity contribution in [2.45, 2.75) is 32.2 Å². The molecule has 0 aliphatic rings. The molecular formula is C25H21F4N3O2. The van der Waals surface area contributed by atoms with Gasteiger partial charge in [-0.05, 0) is 61.9 Å². The van der Waals surface area contributed by atoms with Crippen molar-refractivity contribution in [3.63, 3.8) is 0 Å². The summed E-state index contributed by atoms with van der Waals surface area (Å²) in [6.07, 6.45) is -4.27. The maximum absolute atomic E-state index is 13.3. The van der Waals surface area contributed by atoms with Gasteiger partial charge >= 0.3 is 12.1 Å². The molecule has 0 unspecified atom stereocenters. The number of hydrogen-bond donors (Lipinski definition) is 1. The number of halogens is 4. The monoisotopic (exact) mass is 471 g/mol. The van der Waals surface area contributed by atoms with Crippen molar-refractivity contribution in [3.05, 3.63) is 89.9 Å². The van der Waals surface area contributed by atoms with Crippen LogP contribution in [0.5, 0.6) is 5.75 Å². The highest BCUT2D eigenvalue weighted by Crippen LogP contribution is 2.30. The number of carbonyl (C=O) groups excluding carboxylic acids is 1. The molecule has 176 valence electrons. The topological polar surface area (TPSA) is 56.1 Å². The van der Waals surface area contributed by atoms with E-state index in [2.05, 4.69) is 5.10 Å². The van der Waals surface area contributed by atoms with Crippen LogP contribution in [0, 0.1) is 12.7 Å². The zero-order chi connectivity index (χ0) is 24.5. The number of benzene rings is 3. The lowest BCUT2D eigenvalue weighted by molar-refractivity contribution is -0.174. The Morgan fingerprint density at radius 2 is 1.79 bits per heavy atom. The second-order valence-electron chi connectivity index (χ2n) is 7.97. The molecule has 0 fully saturated rings. The molecule has 0 spiro atoms. The molecule has 5 nitrogen and oxygen atoms in total. The fourth-order valence-corrected chi connectivity index (χ4v) is 3.69. The Bertz CT molecular complexity index is 1320. The van der Waals surface area contributed by atoms with Gasteiger partial charge in [0.25, 0.3) is 0 Å². The molecule has 2 atom stereocenters. The number of nitrogens with zero attached hydrogens (tertiary/aromatic N) is 2. The van der Waals surface area contributed by atoms with Crippen LogP contribution in [0.15, 0.2) is 72.9 Å². The maximum Gasteiger partial charge on any atom is 0.471 e. The molecule has 0 aliphatic carbocycles. The highest BCUT2D eigenvalue weighted by Gasteiger charge is 2.40. The quantitative estimate of drug-likeness (QED) is 0.369. The van der Waals surface area contributed by atoms with Crippen LogP contribution in [0.4, 0.5) is 17.6 Å². The van der Waals surface area contributed by atoms with Crippen molar-refractivity contribution >= 4 is 16.8 Å². The molecule has 4 rings (SSSR count). The number of hydrogen-bond acceptors (Lipinski definition) is 3. The second kappa shape index (κ2) is 9.17. The van der Waals surface area contributed by atoms with Gasteiger partial charge in [-0.1, -0.05) is 29.8 Å².